The first kappa shape index (κ1) is 25.5. The number of piperidine rings is 1. The highest BCUT2D eigenvalue weighted by molar-refractivity contribution is 5.94. The second-order valence-corrected chi connectivity index (χ2v) is 10.2. The molecule has 0 bridgehead atoms. The quantitative estimate of drug-likeness (QED) is 0.347. The summed E-state index contributed by atoms with van der Waals surface area (Å²) in [5.74, 6) is 1.28. The molecular weight excluding hydrogens is 506 g/mol. The fraction of sp³-hybridized carbons (Fsp3) is 0.226. The molecule has 1 amide bonds. The number of aromatic nitrogens is 4. The maximum absolute atomic E-state index is 13.4. The van der Waals surface area contributed by atoms with Gasteiger partial charge in [-0.3, -0.25) is 14.2 Å². The van der Waals surface area contributed by atoms with Crippen LogP contribution in [0.3, 0.4) is 0 Å². The monoisotopic (exact) mass is 535 g/mol. The molecule has 6 rings (SSSR count). The van der Waals surface area contributed by atoms with E-state index in [1.165, 1.54) is 10.9 Å². The molecule has 0 atom stereocenters. The van der Waals surface area contributed by atoms with Gasteiger partial charge in [0.25, 0.3) is 11.5 Å². The molecule has 1 aliphatic heterocycles. The number of amides is 1. The Balaban J connectivity index is 1.13. The topological polar surface area (TPSA) is 102 Å². The predicted molar refractivity (Wildman–Crippen MR) is 151 cm³/mol. The van der Waals surface area contributed by atoms with Crippen LogP contribution in [0.4, 0.5) is 0 Å². The van der Waals surface area contributed by atoms with Gasteiger partial charge in [-0.1, -0.05) is 36.4 Å². The molecule has 5 aromatic rings. The zero-order chi connectivity index (χ0) is 27.7. The zero-order valence-corrected chi connectivity index (χ0v) is 22.1. The van der Waals surface area contributed by atoms with Gasteiger partial charge in [0.05, 0.1) is 23.5 Å². The van der Waals surface area contributed by atoms with Crippen LogP contribution in [0, 0.1) is 6.92 Å². The van der Waals surface area contributed by atoms with E-state index in [1.54, 1.807) is 40.8 Å². The lowest BCUT2D eigenvalue weighted by Gasteiger charge is -2.38. The first-order valence-corrected chi connectivity index (χ1v) is 13.3. The van der Waals surface area contributed by atoms with Crippen LogP contribution in [0.5, 0.6) is 11.5 Å². The highest BCUT2D eigenvalue weighted by Gasteiger charge is 2.35. The Morgan fingerprint density at radius 2 is 1.55 bits per heavy atom. The number of carbonyl (C=O) groups is 1. The van der Waals surface area contributed by atoms with Crippen molar-refractivity contribution in [3.8, 4) is 17.2 Å². The zero-order valence-electron chi connectivity index (χ0n) is 22.1. The number of carbonyl (C=O) groups excluding carboxylic acids is 1. The molecule has 0 unspecified atom stereocenters. The van der Waals surface area contributed by atoms with E-state index < -0.39 is 5.60 Å². The van der Waals surface area contributed by atoms with Crippen LogP contribution in [0.25, 0.3) is 16.7 Å². The number of para-hydroxylation sites is 2. The standard InChI is InChI=1S/C31H29N5O4/c1-22-27-28(36(33-22)24-8-4-2-5-9-24)32-21-35(30(27)38)20-31(39)16-18-34(19-17-31)29(37)23-12-14-26(15-13-23)40-25-10-6-3-7-11-25/h2-15,21,39H,16-20H2,1H3. The lowest BCUT2D eigenvalue weighted by atomic mass is 9.91. The first-order valence-electron chi connectivity index (χ1n) is 13.3. The molecule has 202 valence electrons. The highest BCUT2D eigenvalue weighted by Crippen LogP contribution is 2.27. The molecule has 0 radical (unpaired) electrons. The third-order valence-electron chi connectivity index (χ3n) is 7.36. The maximum Gasteiger partial charge on any atom is 0.264 e. The van der Waals surface area contributed by atoms with Crippen LogP contribution in [-0.2, 0) is 6.54 Å². The second-order valence-electron chi connectivity index (χ2n) is 10.2. The predicted octanol–water partition coefficient (Wildman–Crippen LogP) is 4.35. The van der Waals surface area contributed by atoms with Gasteiger partial charge >= 0.3 is 0 Å². The van der Waals surface area contributed by atoms with Crippen molar-refractivity contribution in [3.05, 3.63) is 113 Å². The van der Waals surface area contributed by atoms with Gasteiger partial charge in [0.15, 0.2) is 5.65 Å². The molecule has 1 aliphatic rings. The number of likely N-dealkylation sites (tertiary alicyclic amines) is 1. The molecule has 1 saturated heterocycles. The molecule has 1 N–H and O–H groups in total. The van der Waals surface area contributed by atoms with E-state index in [2.05, 4.69) is 10.1 Å². The summed E-state index contributed by atoms with van der Waals surface area (Å²) < 4.78 is 8.93. The number of benzene rings is 3. The van der Waals surface area contributed by atoms with Crippen molar-refractivity contribution in [3.63, 3.8) is 0 Å². The van der Waals surface area contributed by atoms with Crippen molar-refractivity contribution < 1.29 is 14.6 Å². The van der Waals surface area contributed by atoms with Crippen molar-refractivity contribution in [1.82, 2.24) is 24.2 Å². The average molecular weight is 536 g/mol. The third kappa shape index (κ3) is 4.99. The molecule has 3 aromatic carbocycles. The summed E-state index contributed by atoms with van der Waals surface area (Å²) >= 11 is 0. The van der Waals surface area contributed by atoms with Crippen molar-refractivity contribution >= 4 is 16.9 Å². The van der Waals surface area contributed by atoms with E-state index in [0.717, 1.165) is 11.4 Å². The van der Waals surface area contributed by atoms with Crippen LogP contribution in [0.1, 0.15) is 28.9 Å². The first-order chi connectivity index (χ1) is 19.4. The molecule has 0 spiro atoms. The summed E-state index contributed by atoms with van der Waals surface area (Å²) in [6.07, 6.45) is 2.17. The van der Waals surface area contributed by atoms with Crippen LogP contribution in [0.2, 0.25) is 0 Å². The van der Waals surface area contributed by atoms with Gasteiger partial charge in [0.1, 0.15) is 23.2 Å². The third-order valence-corrected chi connectivity index (χ3v) is 7.36. The molecule has 40 heavy (non-hydrogen) atoms. The summed E-state index contributed by atoms with van der Waals surface area (Å²) in [6, 6.07) is 26.0. The lowest BCUT2D eigenvalue weighted by Crippen LogP contribution is -2.49. The number of aliphatic hydroxyl groups is 1. The second kappa shape index (κ2) is 10.4. The van der Waals surface area contributed by atoms with E-state index in [0.29, 0.717) is 54.0 Å². The van der Waals surface area contributed by atoms with Gasteiger partial charge < -0.3 is 14.7 Å². The summed E-state index contributed by atoms with van der Waals surface area (Å²) in [5.41, 5.74) is 1.07. The minimum Gasteiger partial charge on any atom is -0.457 e. The minimum absolute atomic E-state index is 0.0955. The molecule has 9 nitrogen and oxygen atoms in total. The maximum atomic E-state index is 13.4. The average Bonchev–Trinajstić information content (AvgIpc) is 3.33. The number of hydrogen-bond acceptors (Lipinski definition) is 6. The van der Waals surface area contributed by atoms with Crippen LogP contribution in [-0.4, -0.2) is 53.9 Å². The fourth-order valence-corrected chi connectivity index (χ4v) is 5.14. The van der Waals surface area contributed by atoms with E-state index in [1.807, 2.05) is 60.7 Å². The van der Waals surface area contributed by atoms with Gasteiger partial charge in [0.2, 0.25) is 0 Å². The van der Waals surface area contributed by atoms with Crippen molar-refractivity contribution in [1.29, 1.82) is 0 Å². The summed E-state index contributed by atoms with van der Waals surface area (Å²) in [5, 5.41) is 16.3. The Hall–Kier alpha value is -4.76. The van der Waals surface area contributed by atoms with Crippen LogP contribution in [0.15, 0.2) is 96.1 Å². The SMILES string of the molecule is Cc1nn(-c2ccccc2)c2ncn(CC3(O)CCN(C(=O)c4ccc(Oc5ccccc5)cc4)CC3)c(=O)c12. The number of fused-ring (bicyclic) bond motifs is 1. The van der Waals surface area contributed by atoms with Gasteiger partial charge in [-0.25, -0.2) is 9.67 Å². The number of hydrogen-bond donors (Lipinski definition) is 1. The number of ether oxygens (including phenoxy) is 1. The van der Waals surface area contributed by atoms with Crippen molar-refractivity contribution in [2.24, 2.45) is 0 Å². The largest absolute Gasteiger partial charge is 0.457 e. The van der Waals surface area contributed by atoms with Crippen molar-refractivity contribution in [2.45, 2.75) is 31.9 Å². The Morgan fingerprint density at radius 1 is 0.925 bits per heavy atom. The van der Waals surface area contributed by atoms with Gasteiger partial charge in [-0.05, 0) is 68.3 Å². The molecule has 0 saturated carbocycles. The normalized spacial score (nSPS) is 14.8. The van der Waals surface area contributed by atoms with Gasteiger partial charge in [0, 0.05) is 18.7 Å². The molecule has 0 aliphatic carbocycles. The Bertz CT molecular complexity index is 1700. The Kier molecular flexibility index (Phi) is 6.65. The number of nitrogens with zero attached hydrogens (tertiary/aromatic N) is 5. The van der Waals surface area contributed by atoms with Gasteiger partial charge in [-0.15, -0.1) is 0 Å². The fourth-order valence-electron chi connectivity index (χ4n) is 5.14. The number of aryl methyl sites for hydroxylation is 1. The van der Waals surface area contributed by atoms with E-state index in [4.69, 9.17) is 4.74 Å². The summed E-state index contributed by atoms with van der Waals surface area (Å²) in [7, 11) is 0. The molecule has 1 fully saturated rings. The summed E-state index contributed by atoms with van der Waals surface area (Å²) in [6.45, 7) is 2.65. The summed E-state index contributed by atoms with van der Waals surface area (Å²) in [4.78, 5) is 32.8. The smallest absolute Gasteiger partial charge is 0.264 e. The van der Waals surface area contributed by atoms with Crippen molar-refractivity contribution in [2.75, 3.05) is 13.1 Å². The minimum atomic E-state index is -1.13. The van der Waals surface area contributed by atoms with Gasteiger partial charge in [-0.2, -0.15) is 5.10 Å². The number of rotatable bonds is 6. The Morgan fingerprint density at radius 3 is 2.23 bits per heavy atom. The molecular formula is C31H29N5O4. The van der Waals surface area contributed by atoms with E-state index in [-0.39, 0.29) is 18.0 Å². The molecule has 9 heteroatoms. The Labute approximate surface area is 230 Å². The lowest BCUT2D eigenvalue weighted by molar-refractivity contribution is -0.0299. The van der Waals surface area contributed by atoms with Crippen LogP contribution >= 0.6 is 0 Å². The molecule has 2 aromatic heterocycles. The van der Waals surface area contributed by atoms with E-state index in [9.17, 15) is 14.7 Å². The molecule has 3 heterocycles. The van der Waals surface area contributed by atoms with E-state index >= 15 is 0 Å². The highest BCUT2D eigenvalue weighted by atomic mass is 16.5. The van der Waals surface area contributed by atoms with Crippen LogP contribution < -0.4 is 10.3 Å².